The van der Waals surface area contributed by atoms with Gasteiger partial charge in [0, 0.05) is 22.0 Å². The van der Waals surface area contributed by atoms with Crippen molar-refractivity contribution in [2.45, 2.75) is 16.6 Å². The van der Waals surface area contributed by atoms with Gasteiger partial charge in [0.2, 0.25) is 11.8 Å². The number of carbonyl (C=O) groups excluding carboxylic acids is 2. The van der Waals surface area contributed by atoms with Crippen molar-refractivity contribution in [3.63, 3.8) is 0 Å². The summed E-state index contributed by atoms with van der Waals surface area (Å²) in [5.41, 5.74) is 7.08. The van der Waals surface area contributed by atoms with Crippen LogP contribution in [-0.2, 0) is 9.59 Å². The summed E-state index contributed by atoms with van der Waals surface area (Å²) < 4.78 is 5.75. The van der Waals surface area contributed by atoms with Crippen LogP contribution < -0.4 is 15.4 Å². The van der Waals surface area contributed by atoms with E-state index < -0.39 is 5.25 Å². The SMILES string of the molecule is Nc1ccccc1S[C@H]1CC(=O)N(c2ccc(Oc3ccc(Cl)cc3)cc2)C1=O. The number of nitrogens with two attached hydrogens (primary N) is 1. The van der Waals surface area contributed by atoms with Crippen LogP contribution in [0.3, 0.4) is 0 Å². The lowest BCUT2D eigenvalue weighted by atomic mass is 10.2. The van der Waals surface area contributed by atoms with Crippen molar-refractivity contribution in [1.29, 1.82) is 0 Å². The van der Waals surface area contributed by atoms with Gasteiger partial charge in [-0.2, -0.15) is 0 Å². The van der Waals surface area contributed by atoms with E-state index in [0.717, 1.165) is 4.90 Å². The summed E-state index contributed by atoms with van der Waals surface area (Å²) in [6.45, 7) is 0. The van der Waals surface area contributed by atoms with Crippen LogP contribution in [0.25, 0.3) is 0 Å². The zero-order chi connectivity index (χ0) is 20.4. The number of benzene rings is 3. The molecule has 1 saturated heterocycles. The maximum atomic E-state index is 12.8. The number of anilines is 2. The molecule has 5 nitrogen and oxygen atoms in total. The Balaban J connectivity index is 1.47. The van der Waals surface area contributed by atoms with E-state index in [9.17, 15) is 9.59 Å². The third-order valence-electron chi connectivity index (χ3n) is 4.44. The van der Waals surface area contributed by atoms with Gasteiger partial charge in [-0.05, 0) is 60.7 Å². The Morgan fingerprint density at radius 3 is 2.21 bits per heavy atom. The van der Waals surface area contributed by atoms with E-state index in [4.69, 9.17) is 22.1 Å². The molecule has 29 heavy (non-hydrogen) atoms. The molecule has 0 unspecified atom stereocenters. The minimum absolute atomic E-state index is 0.140. The van der Waals surface area contributed by atoms with Crippen molar-refractivity contribution in [3.8, 4) is 11.5 Å². The molecule has 1 aliphatic rings. The third-order valence-corrected chi connectivity index (χ3v) is 5.97. The number of ether oxygens (including phenoxy) is 1. The molecule has 0 bridgehead atoms. The number of nitrogen functional groups attached to an aromatic ring is 1. The molecule has 4 rings (SSSR count). The molecule has 3 aromatic carbocycles. The molecular weight excluding hydrogens is 408 g/mol. The van der Waals surface area contributed by atoms with Crippen LogP contribution in [-0.4, -0.2) is 17.1 Å². The zero-order valence-corrected chi connectivity index (χ0v) is 16.8. The summed E-state index contributed by atoms with van der Waals surface area (Å²) in [7, 11) is 0. The van der Waals surface area contributed by atoms with Crippen LogP contribution in [0.2, 0.25) is 5.02 Å². The van der Waals surface area contributed by atoms with Gasteiger partial charge >= 0.3 is 0 Å². The number of carbonyl (C=O) groups is 2. The van der Waals surface area contributed by atoms with Crippen molar-refractivity contribution >= 4 is 46.6 Å². The van der Waals surface area contributed by atoms with Gasteiger partial charge in [0.1, 0.15) is 11.5 Å². The predicted octanol–water partition coefficient (Wildman–Crippen LogP) is 5.14. The van der Waals surface area contributed by atoms with Crippen molar-refractivity contribution in [2.24, 2.45) is 0 Å². The molecule has 1 aliphatic heterocycles. The molecule has 2 amide bonds. The summed E-state index contributed by atoms with van der Waals surface area (Å²) in [5, 5.41) is 0.139. The molecule has 1 heterocycles. The first-order valence-electron chi connectivity index (χ1n) is 8.93. The summed E-state index contributed by atoms with van der Waals surface area (Å²) in [6.07, 6.45) is 0.140. The molecule has 1 fully saturated rings. The Labute approximate surface area is 177 Å². The molecule has 0 aromatic heterocycles. The topological polar surface area (TPSA) is 72.6 Å². The van der Waals surface area contributed by atoms with E-state index in [1.165, 1.54) is 16.7 Å². The van der Waals surface area contributed by atoms with Gasteiger partial charge in [-0.15, -0.1) is 11.8 Å². The molecule has 7 heteroatoms. The second-order valence-electron chi connectivity index (χ2n) is 6.47. The lowest BCUT2D eigenvalue weighted by molar-refractivity contribution is -0.121. The fourth-order valence-electron chi connectivity index (χ4n) is 3.01. The number of halogens is 1. The first-order chi connectivity index (χ1) is 14.0. The van der Waals surface area contributed by atoms with Gasteiger partial charge in [-0.3, -0.25) is 9.59 Å². The Hall–Kier alpha value is -2.96. The van der Waals surface area contributed by atoms with Crippen molar-refractivity contribution in [1.82, 2.24) is 0 Å². The van der Waals surface area contributed by atoms with Crippen LogP contribution in [0, 0.1) is 0 Å². The summed E-state index contributed by atoms with van der Waals surface area (Å²) in [5.74, 6) is 0.772. The van der Waals surface area contributed by atoms with Gasteiger partial charge in [-0.25, -0.2) is 4.90 Å². The summed E-state index contributed by atoms with van der Waals surface area (Å²) >= 11 is 7.19. The van der Waals surface area contributed by atoms with Crippen LogP contribution in [0.1, 0.15) is 6.42 Å². The Morgan fingerprint density at radius 1 is 0.931 bits per heavy atom. The maximum absolute atomic E-state index is 12.8. The fraction of sp³-hybridized carbons (Fsp3) is 0.0909. The zero-order valence-electron chi connectivity index (χ0n) is 15.2. The molecule has 0 aliphatic carbocycles. The Morgan fingerprint density at radius 2 is 1.55 bits per heavy atom. The van der Waals surface area contributed by atoms with E-state index in [2.05, 4.69) is 0 Å². The number of hydrogen-bond donors (Lipinski definition) is 1. The number of rotatable bonds is 5. The average Bonchev–Trinajstić information content (AvgIpc) is 2.99. The second-order valence-corrected chi connectivity index (χ2v) is 8.15. The van der Waals surface area contributed by atoms with E-state index in [1.54, 1.807) is 54.6 Å². The maximum Gasteiger partial charge on any atom is 0.247 e. The minimum atomic E-state index is -0.489. The van der Waals surface area contributed by atoms with Crippen molar-refractivity contribution in [2.75, 3.05) is 10.6 Å². The van der Waals surface area contributed by atoms with Crippen molar-refractivity contribution < 1.29 is 14.3 Å². The molecule has 0 radical (unpaired) electrons. The van der Waals surface area contributed by atoms with Crippen LogP contribution in [0.4, 0.5) is 11.4 Å². The number of hydrogen-bond acceptors (Lipinski definition) is 5. The number of imide groups is 1. The van der Waals surface area contributed by atoms with Gasteiger partial charge in [0.15, 0.2) is 0 Å². The number of thioether (sulfide) groups is 1. The molecule has 1 atom stereocenters. The monoisotopic (exact) mass is 424 g/mol. The normalized spacial score (nSPS) is 16.3. The van der Waals surface area contributed by atoms with E-state index in [-0.39, 0.29) is 18.2 Å². The average molecular weight is 425 g/mol. The molecule has 3 aromatic rings. The first-order valence-corrected chi connectivity index (χ1v) is 10.2. The molecule has 2 N–H and O–H groups in total. The Bertz CT molecular complexity index is 1050. The molecule has 0 saturated carbocycles. The van der Waals surface area contributed by atoms with Gasteiger partial charge in [0.25, 0.3) is 0 Å². The van der Waals surface area contributed by atoms with Gasteiger partial charge in [0.05, 0.1) is 10.9 Å². The first kappa shape index (κ1) is 19.4. The highest BCUT2D eigenvalue weighted by Gasteiger charge is 2.40. The number of amides is 2. The number of nitrogens with zero attached hydrogens (tertiary/aromatic N) is 1. The molecule has 146 valence electrons. The van der Waals surface area contributed by atoms with E-state index in [1.807, 2.05) is 18.2 Å². The van der Waals surface area contributed by atoms with Crippen LogP contribution in [0.5, 0.6) is 11.5 Å². The highest BCUT2D eigenvalue weighted by Crippen LogP contribution is 2.36. The lowest BCUT2D eigenvalue weighted by Crippen LogP contribution is -2.31. The standard InChI is InChI=1S/C22H17ClN2O3S/c23-14-5-9-16(10-6-14)28-17-11-7-15(8-12-17)25-21(26)13-20(22(25)27)29-19-4-2-1-3-18(19)24/h1-12,20H,13,24H2/t20-/m0/s1. The fourth-order valence-corrected chi connectivity index (χ4v) is 4.24. The number of para-hydroxylation sites is 1. The minimum Gasteiger partial charge on any atom is -0.457 e. The summed E-state index contributed by atoms with van der Waals surface area (Å²) in [4.78, 5) is 27.4. The predicted molar refractivity (Wildman–Crippen MR) is 116 cm³/mol. The quantitative estimate of drug-likeness (QED) is 0.453. The summed E-state index contributed by atoms with van der Waals surface area (Å²) in [6, 6.07) is 21.2. The molecular formula is C22H17ClN2O3S. The van der Waals surface area contributed by atoms with Gasteiger partial charge in [-0.1, -0.05) is 23.7 Å². The lowest BCUT2D eigenvalue weighted by Gasteiger charge is -2.16. The largest absolute Gasteiger partial charge is 0.457 e. The second kappa shape index (κ2) is 8.19. The Kier molecular flexibility index (Phi) is 5.47. The van der Waals surface area contributed by atoms with E-state index >= 15 is 0 Å². The van der Waals surface area contributed by atoms with Crippen LogP contribution in [0.15, 0.2) is 77.7 Å². The molecule has 0 spiro atoms. The smallest absolute Gasteiger partial charge is 0.247 e. The van der Waals surface area contributed by atoms with Crippen molar-refractivity contribution in [3.05, 3.63) is 77.8 Å². The third kappa shape index (κ3) is 4.23. The highest BCUT2D eigenvalue weighted by molar-refractivity contribution is 8.00. The van der Waals surface area contributed by atoms with E-state index in [0.29, 0.717) is 27.9 Å². The highest BCUT2D eigenvalue weighted by atomic mass is 35.5. The van der Waals surface area contributed by atoms with Gasteiger partial charge < -0.3 is 10.5 Å². The van der Waals surface area contributed by atoms with Crippen LogP contribution >= 0.6 is 23.4 Å².